The maximum atomic E-state index is 6.09. The Hall–Kier alpha value is -1.09. The molecule has 2 atom stereocenters. The lowest BCUT2D eigenvalue weighted by molar-refractivity contribution is 0.229. The van der Waals surface area contributed by atoms with E-state index in [0.29, 0.717) is 5.88 Å². The Morgan fingerprint density at radius 1 is 1.35 bits per heavy atom. The van der Waals surface area contributed by atoms with Crippen LogP contribution in [0.1, 0.15) is 44.0 Å². The Kier molecular flexibility index (Phi) is 3.97. The molecule has 0 aliphatic heterocycles. The second kappa shape index (κ2) is 5.72. The van der Waals surface area contributed by atoms with Crippen molar-refractivity contribution in [3.63, 3.8) is 0 Å². The highest BCUT2D eigenvalue weighted by atomic mass is 35.5. The summed E-state index contributed by atoms with van der Waals surface area (Å²) >= 11 is 6.09. The molecule has 2 aromatic rings. The molecule has 20 heavy (non-hydrogen) atoms. The van der Waals surface area contributed by atoms with E-state index >= 15 is 0 Å². The lowest BCUT2D eigenvalue weighted by atomic mass is 9.80. The molecular formula is C16H22ClN3. The number of rotatable bonds is 3. The monoisotopic (exact) mass is 291 g/mol. The number of pyridine rings is 1. The van der Waals surface area contributed by atoms with Crippen LogP contribution in [0.3, 0.4) is 0 Å². The van der Waals surface area contributed by atoms with Gasteiger partial charge in [-0.3, -0.25) is 0 Å². The smallest absolute Gasteiger partial charge is 0.160 e. The zero-order valence-corrected chi connectivity index (χ0v) is 13.0. The average Bonchev–Trinajstić information content (AvgIpc) is 2.78. The van der Waals surface area contributed by atoms with E-state index in [1.54, 1.807) is 0 Å². The van der Waals surface area contributed by atoms with E-state index in [0.717, 1.165) is 40.9 Å². The van der Waals surface area contributed by atoms with Crippen LogP contribution >= 0.6 is 11.6 Å². The van der Waals surface area contributed by atoms with Crippen LogP contribution in [-0.4, -0.2) is 14.5 Å². The van der Waals surface area contributed by atoms with Gasteiger partial charge in [-0.15, -0.1) is 11.6 Å². The molecule has 1 fully saturated rings. The first-order valence-corrected chi connectivity index (χ1v) is 8.10. The van der Waals surface area contributed by atoms with Crippen molar-refractivity contribution < 1.29 is 0 Å². The SMILES string of the molecule is Cc1cnc2c(c1)nc(CCl)n2CC1CCCCC1C. The molecule has 1 saturated carbocycles. The zero-order valence-electron chi connectivity index (χ0n) is 12.3. The largest absolute Gasteiger partial charge is 0.311 e. The quantitative estimate of drug-likeness (QED) is 0.789. The summed E-state index contributed by atoms with van der Waals surface area (Å²) < 4.78 is 2.24. The number of aromatic nitrogens is 3. The Bertz CT molecular complexity index is 605. The summed E-state index contributed by atoms with van der Waals surface area (Å²) in [5.41, 5.74) is 3.11. The minimum atomic E-state index is 0.455. The highest BCUT2D eigenvalue weighted by molar-refractivity contribution is 6.16. The van der Waals surface area contributed by atoms with Crippen molar-refractivity contribution in [1.29, 1.82) is 0 Å². The summed E-state index contributed by atoms with van der Waals surface area (Å²) in [4.78, 5) is 9.23. The van der Waals surface area contributed by atoms with Gasteiger partial charge >= 0.3 is 0 Å². The first kappa shape index (κ1) is 13.9. The minimum absolute atomic E-state index is 0.455. The average molecular weight is 292 g/mol. The Morgan fingerprint density at radius 2 is 2.15 bits per heavy atom. The van der Waals surface area contributed by atoms with Gasteiger partial charge in [0.1, 0.15) is 11.3 Å². The number of halogens is 1. The van der Waals surface area contributed by atoms with Gasteiger partial charge in [0.15, 0.2) is 5.65 Å². The maximum Gasteiger partial charge on any atom is 0.160 e. The molecule has 0 N–H and O–H groups in total. The zero-order chi connectivity index (χ0) is 14.1. The van der Waals surface area contributed by atoms with E-state index < -0.39 is 0 Å². The Balaban J connectivity index is 1.96. The standard InChI is InChI=1S/C16H22ClN3/c1-11-7-14-16(18-9-11)20(15(8-17)19-14)10-13-6-4-3-5-12(13)2/h7,9,12-13H,3-6,8,10H2,1-2H3. The number of nitrogens with zero attached hydrogens (tertiary/aromatic N) is 3. The van der Waals surface area contributed by atoms with Gasteiger partial charge in [0.05, 0.1) is 5.88 Å². The van der Waals surface area contributed by atoms with Crippen LogP contribution in [-0.2, 0) is 12.4 Å². The van der Waals surface area contributed by atoms with Crippen molar-refractivity contribution in [3.8, 4) is 0 Å². The van der Waals surface area contributed by atoms with Gasteiger partial charge in [0, 0.05) is 12.7 Å². The summed E-state index contributed by atoms with van der Waals surface area (Å²) in [5, 5.41) is 0. The van der Waals surface area contributed by atoms with E-state index in [-0.39, 0.29) is 0 Å². The van der Waals surface area contributed by atoms with Crippen molar-refractivity contribution in [2.75, 3.05) is 0 Å². The third-order valence-corrected chi connectivity index (χ3v) is 4.87. The van der Waals surface area contributed by atoms with Gasteiger partial charge in [0.25, 0.3) is 0 Å². The van der Waals surface area contributed by atoms with E-state index in [9.17, 15) is 0 Å². The molecule has 0 spiro atoms. The normalized spacial score (nSPS) is 23.4. The summed E-state index contributed by atoms with van der Waals surface area (Å²) in [6, 6.07) is 2.10. The summed E-state index contributed by atoms with van der Waals surface area (Å²) in [7, 11) is 0. The van der Waals surface area contributed by atoms with Gasteiger partial charge in [-0.25, -0.2) is 9.97 Å². The molecule has 2 unspecified atom stereocenters. The van der Waals surface area contributed by atoms with Gasteiger partial charge in [0.2, 0.25) is 0 Å². The van der Waals surface area contributed by atoms with Crippen molar-refractivity contribution in [2.24, 2.45) is 11.8 Å². The van der Waals surface area contributed by atoms with Crippen molar-refractivity contribution in [2.45, 2.75) is 52.0 Å². The lowest BCUT2D eigenvalue weighted by Crippen LogP contribution is -2.23. The topological polar surface area (TPSA) is 30.7 Å². The van der Waals surface area contributed by atoms with Crippen LogP contribution < -0.4 is 0 Å². The molecule has 1 aliphatic rings. The molecule has 108 valence electrons. The molecule has 0 saturated heterocycles. The number of imidazole rings is 1. The van der Waals surface area contributed by atoms with Crippen LogP contribution in [0.4, 0.5) is 0 Å². The third kappa shape index (κ3) is 2.56. The summed E-state index contributed by atoms with van der Waals surface area (Å²) in [6.07, 6.45) is 7.31. The van der Waals surface area contributed by atoms with Crippen molar-refractivity contribution in [1.82, 2.24) is 14.5 Å². The van der Waals surface area contributed by atoms with Crippen LogP contribution in [0.25, 0.3) is 11.2 Å². The van der Waals surface area contributed by atoms with E-state index in [2.05, 4.69) is 34.4 Å². The predicted octanol–water partition coefficient (Wildman–Crippen LogP) is 4.30. The number of hydrogen-bond donors (Lipinski definition) is 0. The fourth-order valence-electron chi connectivity index (χ4n) is 3.35. The molecule has 2 aromatic heterocycles. The Labute approximate surface area is 125 Å². The van der Waals surface area contributed by atoms with Crippen LogP contribution in [0, 0.1) is 18.8 Å². The minimum Gasteiger partial charge on any atom is -0.311 e. The molecule has 3 rings (SSSR count). The number of hydrogen-bond acceptors (Lipinski definition) is 2. The second-order valence-corrected chi connectivity index (χ2v) is 6.42. The van der Waals surface area contributed by atoms with Gasteiger partial charge in [-0.1, -0.05) is 26.2 Å². The molecule has 1 aliphatic carbocycles. The van der Waals surface area contributed by atoms with Gasteiger partial charge in [-0.05, 0) is 36.8 Å². The maximum absolute atomic E-state index is 6.09. The van der Waals surface area contributed by atoms with Gasteiger partial charge in [-0.2, -0.15) is 0 Å². The first-order valence-electron chi connectivity index (χ1n) is 7.56. The van der Waals surface area contributed by atoms with Crippen molar-refractivity contribution in [3.05, 3.63) is 23.7 Å². The fraction of sp³-hybridized carbons (Fsp3) is 0.625. The summed E-state index contributed by atoms with van der Waals surface area (Å²) in [6.45, 7) is 5.44. The molecular weight excluding hydrogens is 270 g/mol. The number of aryl methyl sites for hydroxylation is 1. The molecule has 0 aromatic carbocycles. The van der Waals surface area contributed by atoms with Crippen LogP contribution in [0.2, 0.25) is 0 Å². The van der Waals surface area contributed by atoms with Crippen LogP contribution in [0.5, 0.6) is 0 Å². The second-order valence-electron chi connectivity index (χ2n) is 6.15. The van der Waals surface area contributed by atoms with E-state index in [1.165, 1.54) is 25.7 Å². The van der Waals surface area contributed by atoms with E-state index in [4.69, 9.17) is 11.6 Å². The molecule has 0 radical (unpaired) electrons. The van der Waals surface area contributed by atoms with E-state index in [1.807, 2.05) is 6.20 Å². The molecule has 0 amide bonds. The highest BCUT2D eigenvalue weighted by Gasteiger charge is 2.23. The van der Waals surface area contributed by atoms with Crippen molar-refractivity contribution >= 4 is 22.8 Å². The number of fused-ring (bicyclic) bond motifs is 1. The summed E-state index contributed by atoms with van der Waals surface area (Å²) in [5.74, 6) is 2.93. The lowest BCUT2D eigenvalue weighted by Gasteiger charge is -2.29. The molecule has 0 bridgehead atoms. The highest BCUT2D eigenvalue weighted by Crippen LogP contribution is 2.32. The first-order chi connectivity index (χ1) is 9.69. The van der Waals surface area contributed by atoms with Crippen LogP contribution in [0.15, 0.2) is 12.3 Å². The van der Waals surface area contributed by atoms with Gasteiger partial charge < -0.3 is 4.57 Å². The molecule has 2 heterocycles. The molecule has 4 heteroatoms. The Morgan fingerprint density at radius 3 is 2.90 bits per heavy atom. The predicted molar refractivity (Wildman–Crippen MR) is 82.9 cm³/mol. The molecule has 3 nitrogen and oxygen atoms in total. The fourth-order valence-corrected chi connectivity index (χ4v) is 3.56. The third-order valence-electron chi connectivity index (χ3n) is 4.63. The number of alkyl halides is 1.